The molecule has 0 saturated carbocycles. The molecule has 0 spiro atoms. The first-order valence-electron chi connectivity index (χ1n) is 15.7. The van der Waals surface area contributed by atoms with Gasteiger partial charge in [-0.05, 0) is 65.8 Å². The molecule has 0 aromatic heterocycles. The van der Waals surface area contributed by atoms with Crippen LogP contribution >= 0.6 is 0 Å². The molecule has 3 aromatic rings. The third-order valence-corrected chi connectivity index (χ3v) is 7.50. The molecule has 0 amide bonds. The van der Waals surface area contributed by atoms with Crippen LogP contribution in [0.15, 0.2) is 72.8 Å². The number of halogens is 6. The van der Waals surface area contributed by atoms with E-state index in [4.69, 9.17) is 9.84 Å². The molecule has 2 N–H and O–H groups in total. The van der Waals surface area contributed by atoms with E-state index in [1.807, 2.05) is 37.3 Å². The molecule has 2 unspecified atom stereocenters. The molecule has 46 heavy (non-hydrogen) atoms. The highest BCUT2D eigenvalue weighted by Gasteiger charge is 2.41. The van der Waals surface area contributed by atoms with Crippen molar-refractivity contribution in [1.82, 2.24) is 0 Å². The molecule has 0 saturated heterocycles. The number of carbonyl (C=O) groups is 1. The Kier molecular flexibility index (Phi) is 17.3. The standard InChI is InChI=1S/C28H29F3O3.C8H15F3O/c1-2-3-4-8-11-26(28(29,30)31)25-18-22(27(32)33)14-17-24(25)21-12-15-23(16-13-21)34-19-20-9-6-5-7-10-20;9-6-4-2-1-3-5-7(12)8(10)11/h5-7,9-10,12-18,26H,2-4,8,11,19H2,1H3,(H,32,33);7-8,12H,1-6H2. The number of aliphatic hydroxyl groups is 1. The lowest BCUT2D eigenvalue weighted by molar-refractivity contribution is -0.152. The molecule has 2 atom stereocenters. The highest BCUT2D eigenvalue weighted by atomic mass is 19.4. The number of unbranched alkanes of at least 4 members (excludes halogenated alkanes) is 6. The zero-order valence-corrected chi connectivity index (χ0v) is 26.1. The minimum absolute atomic E-state index is 0.00172. The molecule has 0 aliphatic rings. The van der Waals surface area contributed by atoms with Crippen LogP contribution in [0, 0.1) is 0 Å². The van der Waals surface area contributed by atoms with Crippen LogP contribution in [0.1, 0.15) is 98.5 Å². The third-order valence-electron chi connectivity index (χ3n) is 7.50. The van der Waals surface area contributed by atoms with Gasteiger partial charge in [-0.25, -0.2) is 13.6 Å². The van der Waals surface area contributed by atoms with Gasteiger partial charge >= 0.3 is 12.1 Å². The maximum absolute atomic E-state index is 14.1. The topological polar surface area (TPSA) is 66.8 Å². The van der Waals surface area contributed by atoms with Crippen LogP contribution < -0.4 is 4.74 Å². The maximum Gasteiger partial charge on any atom is 0.395 e. The summed E-state index contributed by atoms with van der Waals surface area (Å²) in [5.74, 6) is -2.37. The first-order valence-corrected chi connectivity index (χ1v) is 15.7. The van der Waals surface area contributed by atoms with Gasteiger partial charge in [0, 0.05) is 0 Å². The first-order chi connectivity index (χ1) is 22.0. The predicted octanol–water partition coefficient (Wildman–Crippen LogP) is 10.8. The van der Waals surface area contributed by atoms with Crippen LogP contribution in [0.3, 0.4) is 0 Å². The maximum atomic E-state index is 14.1. The predicted molar refractivity (Wildman–Crippen MR) is 168 cm³/mol. The van der Waals surface area contributed by atoms with Gasteiger partial charge in [0.25, 0.3) is 6.43 Å². The van der Waals surface area contributed by atoms with E-state index in [1.54, 1.807) is 24.3 Å². The fraction of sp³-hybridized carbons (Fsp3) is 0.472. The molecule has 0 bridgehead atoms. The lowest BCUT2D eigenvalue weighted by atomic mass is 9.85. The summed E-state index contributed by atoms with van der Waals surface area (Å²) in [4.78, 5) is 11.5. The van der Waals surface area contributed by atoms with Crippen LogP contribution in [0.4, 0.5) is 26.3 Å². The van der Waals surface area contributed by atoms with Crippen molar-refractivity contribution in [3.8, 4) is 16.9 Å². The van der Waals surface area contributed by atoms with Crippen LogP contribution in [-0.4, -0.2) is 41.6 Å². The zero-order chi connectivity index (χ0) is 34.0. The van der Waals surface area contributed by atoms with Crippen LogP contribution in [0.25, 0.3) is 11.1 Å². The largest absolute Gasteiger partial charge is 0.489 e. The summed E-state index contributed by atoms with van der Waals surface area (Å²) >= 11 is 0. The van der Waals surface area contributed by atoms with E-state index in [9.17, 15) is 36.2 Å². The highest BCUT2D eigenvalue weighted by molar-refractivity contribution is 5.89. The fourth-order valence-electron chi connectivity index (χ4n) is 4.92. The second kappa shape index (κ2) is 20.6. The first kappa shape index (κ1) is 38.7. The Bertz CT molecular complexity index is 1270. The normalized spacial score (nSPS) is 12.7. The van der Waals surface area contributed by atoms with Crippen molar-refractivity contribution < 1.29 is 46.1 Å². The Labute approximate surface area is 267 Å². The van der Waals surface area contributed by atoms with Crippen molar-refractivity contribution in [2.45, 2.75) is 102 Å². The van der Waals surface area contributed by atoms with Gasteiger partial charge in [-0.15, -0.1) is 0 Å². The highest BCUT2D eigenvalue weighted by Crippen LogP contribution is 2.43. The van der Waals surface area contributed by atoms with Gasteiger partial charge in [0.15, 0.2) is 0 Å². The van der Waals surface area contributed by atoms with Crippen molar-refractivity contribution in [3.05, 3.63) is 89.5 Å². The molecule has 10 heteroatoms. The summed E-state index contributed by atoms with van der Waals surface area (Å²) in [5.41, 5.74) is 1.83. The SMILES string of the molecule is CCCCCCC(c1cc(C(=O)O)ccc1-c1ccc(OCc2ccccc2)cc1)C(F)(F)F.OC(CCCCCCF)C(F)F. The Morgan fingerprint density at radius 1 is 0.826 bits per heavy atom. The van der Waals surface area contributed by atoms with Gasteiger partial charge < -0.3 is 14.9 Å². The summed E-state index contributed by atoms with van der Waals surface area (Å²) in [6, 6.07) is 20.5. The van der Waals surface area contributed by atoms with Crippen LogP contribution in [-0.2, 0) is 6.61 Å². The van der Waals surface area contributed by atoms with E-state index in [-0.39, 0.29) is 30.6 Å². The molecule has 0 heterocycles. The average Bonchev–Trinajstić information content (AvgIpc) is 3.04. The number of aliphatic hydroxyl groups excluding tert-OH is 1. The Hall–Kier alpha value is -3.53. The number of rotatable bonds is 18. The van der Waals surface area contributed by atoms with Gasteiger partial charge in [-0.2, -0.15) is 13.2 Å². The molecule has 3 aromatic carbocycles. The summed E-state index contributed by atoms with van der Waals surface area (Å²) in [7, 11) is 0. The number of carboxylic acids is 1. The molecule has 0 fully saturated rings. The zero-order valence-electron chi connectivity index (χ0n) is 26.1. The molecule has 0 aliphatic carbocycles. The van der Waals surface area contributed by atoms with E-state index in [2.05, 4.69) is 0 Å². The van der Waals surface area contributed by atoms with Gasteiger partial charge in [-0.1, -0.05) is 100 Å². The minimum atomic E-state index is -4.48. The third kappa shape index (κ3) is 13.8. The second-order valence-electron chi connectivity index (χ2n) is 11.1. The Balaban J connectivity index is 0.000000521. The Morgan fingerprint density at radius 2 is 1.46 bits per heavy atom. The number of ether oxygens (including phenoxy) is 1. The van der Waals surface area contributed by atoms with E-state index in [0.717, 1.165) is 18.4 Å². The number of carboxylic acid groups (broad SMARTS) is 1. The molecule has 0 aliphatic heterocycles. The molecule has 254 valence electrons. The fourth-order valence-corrected chi connectivity index (χ4v) is 4.92. The molecular weight excluding hydrogens is 610 g/mol. The lowest BCUT2D eigenvalue weighted by Crippen LogP contribution is -2.22. The average molecular weight is 655 g/mol. The summed E-state index contributed by atoms with van der Waals surface area (Å²) in [6.45, 7) is 2.03. The molecular formula is C36H44F6O4. The van der Waals surface area contributed by atoms with Crippen LogP contribution in [0.5, 0.6) is 5.75 Å². The number of aromatic carboxylic acids is 1. The Morgan fingerprint density at radius 3 is 2.04 bits per heavy atom. The summed E-state index contributed by atoms with van der Waals surface area (Å²) in [5, 5.41) is 18.1. The van der Waals surface area contributed by atoms with Crippen molar-refractivity contribution >= 4 is 5.97 Å². The van der Waals surface area contributed by atoms with Crippen LogP contribution in [0.2, 0.25) is 0 Å². The molecule has 4 nitrogen and oxygen atoms in total. The van der Waals surface area contributed by atoms with E-state index in [1.165, 1.54) is 18.2 Å². The number of hydrogen-bond donors (Lipinski definition) is 2. The van der Waals surface area contributed by atoms with E-state index < -0.39 is 30.6 Å². The summed E-state index contributed by atoms with van der Waals surface area (Å²) in [6.07, 6.45) is -3.17. The van der Waals surface area contributed by atoms with Crippen molar-refractivity contribution in [3.63, 3.8) is 0 Å². The van der Waals surface area contributed by atoms with Gasteiger partial charge in [0.1, 0.15) is 18.5 Å². The van der Waals surface area contributed by atoms with Gasteiger partial charge in [0.2, 0.25) is 0 Å². The van der Waals surface area contributed by atoms with Gasteiger partial charge in [-0.3, -0.25) is 4.39 Å². The minimum Gasteiger partial charge on any atom is -0.489 e. The number of alkyl halides is 6. The van der Waals surface area contributed by atoms with Crippen molar-refractivity contribution in [2.24, 2.45) is 0 Å². The molecule has 0 radical (unpaired) electrons. The van der Waals surface area contributed by atoms with Crippen molar-refractivity contribution in [1.29, 1.82) is 0 Å². The van der Waals surface area contributed by atoms with E-state index in [0.29, 0.717) is 62.0 Å². The number of benzene rings is 3. The monoisotopic (exact) mass is 654 g/mol. The van der Waals surface area contributed by atoms with E-state index >= 15 is 0 Å². The summed E-state index contributed by atoms with van der Waals surface area (Å²) < 4.78 is 83.0. The quantitative estimate of drug-likeness (QED) is 0.106. The smallest absolute Gasteiger partial charge is 0.395 e. The second-order valence-corrected chi connectivity index (χ2v) is 11.1. The molecule has 3 rings (SSSR count). The lowest BCUT2D eigenvalue weighted by Gasteiger charge is -2.24. The van der Waals surface area contributed by atoms with Crippen molar-refractivity contribution in [2.75, 3.05) is 6.67 Å². The van der Waals surface area contributed by atoms with Gasteiger partial charge in [0.05, 0.1) is 18.2 Å². The number of hydrogen-bond acceptors (Lipinski definition) is 3.